The lowest BCUT2D eigenvalue weighted by Gasteiger charge is -2.11. The standard InChI is InChI=1S/C25H22FN3O3S/c1-17-22(25(30)28-18-10-12-20(13-11-18)33(2,31)32)16-29(15-19-7-5-6-14-27-19)24(17)21-8-3-4-9-23(21)26/h3-14,16H,15H2,1-2H3,(H,28,30). The van der Waals surface area contributed by atoms with Crippen LogP contribution in [0.3, 0.4) is 0 Å². The van der Waals surface area contributed by atoms with Gasteiger partial charge in [0.05, 0.1) is 28.4 Å². The number of hydrogen-bond donors (Lipinski definition) is 1. The van der Waals surface area contributed by atoms with E-state index in [0.717, 1.165) is 11.9 Å². The molecule has 2 aromatic heterocycles. The molecule has 0 unspecified atom stereocenters. The Labute approximate surface area is 191 Å². The Morgan fingerprint density at radius 3 is 2.36 bits per heavy atom. The van der Waals surface area contributed by atoms with Crippen molar-refractivity contribution in [2.24, 2.45) is 0 Å². The van der Waals surface area contributed by atoms with Crippen LogP contribution in [-0.4, -0.2) is 30.1 Å². The van der Waals surface area contributed by atoms with E-state index < -0.39 is 9.84 Å². The van der Waals surface area contributed by atoms with E-state index in [1.54, 1.807) is 37.5 Å². The number of amides is 1. The van der Waals surface area contributed by atoms with Crippen molar-refractivity contribution in [2.75, 3.05) is 11.6 Å². The van der Waals surface area contributed by atoms with Gasteiger partial charge in [-0.1, -0.05) is 18.2 Å². The Hall–Kier alpha value is -3.78. The number of halogens is 1. The fraction of sp³-hybridized carbons (Fsp3) is 0.120. The van der Waals surface area contributed by atoms with E-state index >= 15 is 0 Å². The molecule has 4 aromatic rings. The van der Waals surface area contributed by atoms with Crippen molar-refractivity contribution >= 4 is 21.4 Å². The molecule has 0 spiro atoms. The minimum Gasteiger partial charge on any atom is -0.340 e. The van der Waals surface area contributed by atoms with Crippen LogP contribution in [0.2, 0.25) is 0 Å². The maximum Gasteiger partial charge on any atom is 0.257 e. The van der Waals surface area contributed by atoms with Crippen LogP contribution in [0.15, 0.2) is 84.0 Å². The molecule has 2 heterocycles. The van der Waals surface area contributed by atoms with Gasteiger partial charge in [-0.25, -0.2) is 12.8 Å². The highest BCUT2D eigenvalue weighted by atomic mass is 32.2. The summed E-state index contributed by atoms with van der Waals surface area (Å²) in [6, 6.07) is 17.9. The number of aromatic nitrogens is 2. The topological polar surface area (TPSA) is 81.1 Å². The maximum atomic E-state index is 14.7. The van der Waals surface area contributed by atoms with Crippen molar-refractivity contribution in [3.8, 4) is 11.3 Å². The number of nitrogens with zero attached hydrogens (tertiary/aromatic N) is 2. The Bertz CT molecular complexity index is 1410. The Morgan fingerprint density at radius 1 is 1.03 bits per heavy atom. The van der Waals surface area contributed by atoms with Crippen molar-refractivity contribution in [3.05, 3.63) is 102 Å². The summed E-state index contributed by atoms with van der Waals surface area (Å²) in [4.78, 5) is 17.6. The smallest absolute Gasteiger partial charge is 0.257 e. The number of rotatable bonds is 6. The van der Waals surface area contributed by atoms with Crippen molar-refractivity contribution in [3.63, 3.8) is 0 Å². The molecule has 0 aliphatic rings. The van der Waals surface area contributed by atoms with E-state index in [9.17, 15) is 17.6 Å². The SMILES string of the molecule is Cc1c(C(=O)Nc2ccc(S(C)(=O)=O)cc2)cn(Cc2ccccn2)c1-c1ccccc1F. The predicted octanol–water partition coefficient (Wildman–Crippen LogP) is 4.70. The molecule has 0 bridgehead atoms. The molecular weight excluding hydrogens is 441 g/mol. The second-order valence-electron chi connectivity index (χ2n) is 7.70. The first kappa shape index (κ1) is 22.4. The van der Waals surface area contributed by atoms with Crippen molar-refractivity contribution in [2.45, 2.75) is 18.4 Å². The molecule has 0 radical (unpaired) electrons. The van der Waals surface area contributed by atoms with E-state index in [-0.39, 0.29) is 16.6 Å². The molecule has 0 saturated carbocycles. The predicted molar refractivity (Wildman–Crippen MR) is 125 cm³/mol. The van der Waals surface area contributed by atoms with Crippen LogP contribution < -0.4 is 5.32 Å². The van der Waals surface area contributed by atoms with Gasteiger partial charge in [-0.15, -0.1) is 0 Å². The zero-order valence-electron chi connectivity index (χ0n) is 18.1. The molecule has 0 aliphatic heterocycles. The summed E-state index contributed by atoms with van der Waals surface area (Å²) in [6.07, 6.45) is 4.49. The van der Waals surface area contributed by atoms with Gasteiger partial charge in [-0.2, -0.15) is 0 Å². The molecule has 168 valence electrons. The summed E-state index contributed by atoms with van der Waals surface area (Å²) < 4.78 is 39.8. The quantitative estimate of drug-likeness (QED) is 0.449. The van der Waals surface area contributed by atoms with Gasteiger partial charge in [0.25, 0.3) is 5.91 Å². The van der Waals surface area contributed by atoms with Crippen LogP contribution in [0, 0.1) is 12.7 Å². The average molecular weight is 464 g/mol. The molecule has 1 N–H and O–H groups in total. The molecule has 8 heteroatoms. The van der Waals surface area contributed by atoms with Crippen LogP contribution in [0.25, 0.3) is 11.3 Å². The molecule has 33 heavy (non-hydrogen) atoms. The van der Waals surface area contributed by atoms with Gasteiger partial charge in [-0.3, -0.25) is 9.78 Å². The fourth-order valence-electron chi connectivity index (χ4n) is 3.67. The summed E-state index contributed by atoms with van der Waals surface area (Å²) in [6.45, 7) is 2.14. The largest absolute Gasteiger partial charge is 0.340 e. The number of carbonyl (C=O) groups excluding carboxylic acids is 1. The molecule has 0 atom stereocenters. The highest BCUT2D eigenvalue weighted by molar-refractivity contribution is 7.90. The molecule has 4 rings (SSSR count). The van der Waals surface area contributed by atoms with Gasteiger partial charge in [0, 0.05) is 29.9 Å². The van der Waals surface area contributed by atoms with Crippen molar-refractivity contribution in [1.82, 2.24) is 9.55 Å². The average Bonchev–Trinajstić information content (AvgIpc) is 3.10. The molecule has 0 saturated heterocycles. The normalized spacial score (nSPS) is 11.4. The third kappa shape index (κ3) is 4.85. The highest BCUT2D eigenvalue weighted by Gasteiger charge is 2.21. The van der Waals surface area contributed by atoms with Crippen molar-refractivity contribution in [1.29, 1.82) is 0 Å². The summed E-state index contributed by atoms with van der Waals surface area (Å²) in [7, 11) is -3.33. The minimum atomic E-state index is -3.33. The third-order valence-electron chi connectivity index (χ3n) is 5.30. The molecule has 1 amide bonds. The first-order chi connectivity index (χ1) is 15.7. The van der Waals surface area contributed by atoms with Gasteiger partial charge in [-0.05, 0) is 61.0 Å². The van der Waals surface area contributed by atoms with E-state index in [0.29, 0.717) is 34.6 Å². The van der Waals surface area contributed by atoms with Crippen LogP contribution >= 0.6 is 0 Å². The number of carbonyl (C=O) groups is 1. The van der Waals surface area contributed by atoms with Crippen LogP contribution in [0.1, 0.15) is 21.6 Å². The number of benzene rings is 2. The van der Waals surface area contributed by atoms with Crippen LogP contribution in [-0.2, 0) is 16.4 Å². The summed E-state index contributed by atoms with van der Waals surface area (Å²) in [5.41, 5.74) is 3.22. The first-order valence-electron chi connectivity index (χ1n) is 10.2. The monoisotopic (exact) mass is 463 g/mol. The summed E-state index contributed by atoms with van der Waals surface area (Å²) in [5, 5.41) is 2.79. The van der Waals surface area contributed by atoms with E-state index in [1.165, 1.54) is 30.3 Å². The minimum absolute atomic E-state index is 0.167. The summed E-state index contributed by atoms with van der Waals surface area (Å²) >= 11 is 0. The Kier molecular flexibility index (Phi) is 6.11. The maximum absolute atomic E-state index is 14.7. The fourth-order valence-corrected chi connectivity index (χ4v) is 4.30. The molecule has 2 aromatic carbocycles. The molecular formula is C25H22FN3O3S. The van der Waals surface area contributed by atoms with Crippen LogP contribution in [0.4, 0.5) is 10.1 Å². The second kappa shape index (κ2) is 8.99. The number of anilines is 1. The van der Waals surface area contributed by atoms with Gasteiger partial charge in [0.1, 0.15) is 5.82 Å². The lowest BCUT2D eigenvalue weighted by molar-refractivity contribution is 0.102. The molecule has 6 nitrogen and oxygen atoms in total. The first-order valence-corrected chi connectivity index (χ1v) is 12.1. The lowest BCUT2D eigenvalue weighted by atomic mass is 10.0. The number of pyridine rings is 1. The zero-order valence-corrected chi connectivity index (χ0v) is 18.9. The van der Waals surface area contributed by atoms with E-state index in [4.69, 9.17) is 0 Å². The number of hydrogen-bond acceptors (Lipinski definition) is 4. The zero-order chi connectivity index (χ0) is 23.6. The lowest BCUT2D eigenvalue weighted by Crippen LogP contribution is -2.12. The number of nitrogens with one attached hydrogen (secondary N) is 1. The Balaban J connectivity index is 1.72. The van der Waals surface area contributed by atoms with E-state index in [2.05, 4.69) is 10.3 Å². The van der Waals surface area contributed by atoms with Crippen LogP contribution in [0.5, 0.6) is 0 Å². The summed E-state index contributed by atoms with van der Waals surface area (Å²) in [5.74, 6) is -0.763. The highest BCUT2D eigenvalue weighted by Crippen LogP contribution is 2.31. The van der Waals surface area contributed by atoms with Crippen molar-refractivity contribution < 1.29 is 17.6 Å². The Morgan fingerprint density at radius 2 is 1.73 bits per heavy atom. The van der Waals surface area contributed by atoms with Gasteiger partial charge in [0.15, 0.2) is 9.84 Å². The second-order valence-corrected chi connectivity index (χ2v) is 9.71. The molecule has 0 aliphatic carbocycles. The van der Waals surface area contributed by atoms with Gasteiger partial charge >= 0.3 is 0 Å². The third-order valence-corrected chi connectivity index (χ3v) is 6.43. The van der Waals surface area contributed by atoms with Gasteiger partial charge in [0.2, 0.25) is 0 Å². The number of sulfone groups is 1. The molecule has 0 fully saturated rings. The van der Waals surface area contributed by atoms with Gasteiger partial charge < -0.3 is 9.88 Å². The van der Waals surface area contributed by atoms with E-state index in [1.807, 2.05) is 22.8 Å².